The van der Waals surface area contributed by atoms with Crippen LogP contribution in [0, 0.1) is 13.8 Å². The molecule has 2 heterocycles. The number of carbonyl (C=O) groups excluding carboxylic acids is 1. The number of nitrogens with one attached hydrogen (secondary N) is 1. The van der Waals surface area contributed by atoms with Crippen molar-refractivity contribution in [3.8, 4) is 11.1 Å². The van der Waals surface area contributed by atoms with Crippen LogP contribution in [0.25, 0.3) is 16.8 Å². The molecule has 0 aliphatic carbocycles. The van der Waals surface area contributed by atoms with Crippen molar-refractivity contribution in [2.24, 2.45) is 0 Å². The maximum absolute atomic E-state index is 11.7. The molecule has 1 amide bonds. The Kier molecular flexibility index (Phi) is 4.30. The molecule has 0 saturated carbocycles. The number of amides is 1. The molecule has 3 aromatic rings. The molecule has 3 rings (SSSR count). The summed E-state index contributed by atoms with van der Waals surface area (Å²) in [6, 6.07) is 9.84. The van der Waals surface area contributed by atoms with Crippen molar-refractivity contribution in [3.05, 3.63) is 47.7 Å². The summed E-state index contributed by atoms with van der Waals surface area (Å²) in [7, 11) is -3.40. The largest absolute Gasteiger partial charge is 0.292 e. The molecular formula is C17H18N4O3S. The van der Waals surface area contributed by atoms with Crippen LogP contribution in [0.1, 0.15) is 11.1 Å². The molecule has 0 aliphatic rings. The van der Waals surface area contributed by atoms with E-state index >= 15 is 0 Å². The number of aryl methyl sites for hydroxylation is 1. The van der Waals surface area contributed by atoms with Crippen LogP contribution in [-0.4, -0.2) is 40.9 Å². The van der Waals surface area contributed by atoms with E-state index in [0.29, 0.717) is 5.65 Å². The van der Waals surface area contributed by atoms with Crippen molar-refractivity contribution in [1.82, 2.24) is 14.6 Å². The first-order valence-corrected chi connectivity index (χ1v) is 9.69. The molecule has 0 aliphatic heterocycles. The van der Waals surface area contributed by atoms with Crippen LogP contribution >= 0.6 is 0 Å². The van der Waals surface area contributed by atoms with Crippen molar-refractivity contribution in [3.63, 3.8) is 0 Å². The first kappa shape index (κ1) is 17.1. The number of sulfone groups is 1. The van der Waals surface area contributed by atoms with Gasteiger partial charge in [-0.3, -0.25) is 10.1 Å². The number of hydrogen-bond acceptors (Lipinski definition) is 5. The van der Waals surface area contributed by atoms with Crippen LogP contribution in [0.5, 0.6) is 0 Å². The van der Waals surface area contributed by atoms with E-state index in [9.17, 15) is 13.2 Å². The van der Waals surface area contributed by atoms with E-state index in [1.807, 2.05) is 24.4 Å². The van der Waals surface area contributed by atoms with Gasteiger partial charge in [-0.05, 0) is 42.7 Å². The second-order valence-electron chi connectivity index (χ2n) is 6.02. The highest BCUT2D eigenvalue weighted by molar-refractivity contribution is 7.91. The van der Waals surface area contributed by atoms with E-state index < -0.39 is 21.5 Å². The van der Waals surface area contributed by atoms with Crippen LogP contribution in [0.2, 0.25) is 0 Å². The fourth-order valence-corrected chi connectivity index (χ4v) is 3.11. The van der Waals surface area contributed by atoms with Crippen molar-refractivity contribution < 1.29 is 13.2 Å². The Labute approximate surface area is 145 Å². The van der Waals surface area contributed by atoms with Crippen molar-refractivity contribution >= 4 is 27.3 Å². The molecule has 1 N–H and O–H groups in total. The lowest BCUT2D eigenvalue weighted by molar-refractivity contribution is -0.113. The van der Waals surface area contributed by atoms with Crippen molar-refractivity contribution in [1.29, 1.82) is 0 Å². The van der Waals surface area contributed by atoms with Gasteiger partial charge in [0.2, 0.25) is 11.9 Å². The van der Waals surface area contributed by atoms with Gasteiger partial charge in [0, 0.05) is 18.0 Å². The molecule has 25 heavy (non-hydrogen) atoms. The number of benzene rings is 1. The van der Waals surface area contributed by atoms with Crippen LogP contribution in [0.15, 0.2) is 36.5 Å². The zero-order valence-corrected chi connectivity index (χ0v) is 15.0. The number of fused-ring (bicyclic) bond motifs is 1. The standard InChI is InChI=1S/C17H18N4O3S/c1-11-5-4-6-14(12(11)2)13-7-8-15-18-17(20-21(15)9-13)19-16(22)10-25(3,23)24/h4-9H,10H2,1-3H3,(H,19,20,22). The Morgan fingerprint density at radius 2 is 1.96 bits per heavy atom. The van der Waals surface area contributed by atoms with E-state index in [2.05, 4.69) is 35.3 Å². The third-order valence-corrected chi connectivity index (χ3v) is 4.68. The molecule has 1 aromatic carbocycles. The predicted octanol–water partition coefficient (Wildman–Crippen LogP) is 2.00. The highest BCUT2D eigenvalue weighted by Crippen LogP contribution is 2.25. The summed E-state index contributed by atoms with van der Waals surface area (Å²) in [5, 5.41) is 6.61. The number of pyridine rings is 1. The molecule has 0 radical (unpaired) electrons. The highest BCUT2D eigenvalue weighted by atomic mass is 32.2. The minimum atomic E-state index is -3.40. The monoisotopic (exact) mass is 358 g/mol. The summed E-state index contributed by atoms with van der Waals surface area (Å²) in [4.78, 5) is 15.9. The minimum absolute atomic E-state index is 0.0757. The van der Waals surface area contributed by atoms with Gasteiger partial charge in [0.25, 0.3) is 0 Å². The molecule has 130 valence electrons. The first-order chi connectivity index (χ1) is 11.7. The third kappa shape index (κ3) is 3.85. The summed E-state index contributed by atoms with van der Waals surface area (Å²) < 4.78 is 23.9. The highest BCUT2D eigenvalue weighted by Gasteiger charge is 2.14. The summed E-state index contributed by atoms with van der Waals surface area (Å²) in [6.45, 7) is 4.12. The maximum Gasteiger partial charge on any atom is 0.249 e. The van der Waals surface area contributed by atoms with Gasteiger partial charge in [0.1, 0.15) is 5.75 Å². The number of nitrogens with zero attached hydrogens (tertiary/aromatic N) is 3. The Balaban J connectivity index is 1.92. The topological polar surface area (TPSA) is 93.4 Å². The summed E-state index contributed by atoms with van der Waals surface area (Å²) in [5.74, 6) is -1.18. The molecule has 2 aromatic heterocycles. The Bertz CT molecular complexity index is 1070. The van der Waals surface area contributed by atoms with Gasteiger partial charge in [0.15, 0.2) is 15.5 Å². The quantitative estimate of drug-likeness (QED) is 0.770. The van der Waals surface area contributed by atoms with Gasteiger partial charge in [-0.25, -0.2) is 12.9 Å². The molecule has 0 unspecified atom stereocenters. The van der Waals surface area contributed by atoms with Crippen LogP contribution < -0.4 is 5.32 Å². The lowest BCUT2D eigenvalue weighted by Crippen LogP contribution is -2.22. The van der Waals surface area contributed by atoms with E-state index in [1.54, 1.807) is 10.6 Å². The minimum Gasteiger partial charge on any atom is -0.292 e. The van der Waals surface area contributed by atoms with Gasteiger partial charge in [-0.1, -0.05) is 18.2 Å². The summed E-state index contributed by atoms with van der Waals surface area (Å²) in [6.07, 6.45) is 2.83. The van der Waals surface area contributed by atoms with Gasteiger partial charge in [0.05, 0.1) is 0 Å². The zero-order valence-electron chi connectivity index (χ0n) is 14.1. The molecule has 0 bridgehead atoms. The van der Waals surface area contributed by atoms with Crippen molar-refractivity contribution in [2.75, 3.05) is 17.3 Å². The summed E-state index contributed by atoms with van der Waals surface area (Å²) in [5.41, 5.74) is 5.02. The third-order valence-electron chi connectivity index (χ3n) is 3.89. The normalized spacial score (nSPS) is 11.6. The molecule has 0 spiro atoms. The van der Waals surface area contributed by atoms with Gasteiger partial charge < -0.3 is 0 Å². The molecule has 0 saturated heterocycles. The molecule has 0 fully saturated rings. The van der Waals surface area contributed by atoms with Crippen LogP contribution in [0.4, 0.5) is 5.95 Å². The van der Waals surface area contributed by atoms with E-state index in [4.69, 9.17) is 0 Å². The number of rotatable bonds is 4. The van der Waals surface area contributed by atoms with Crippen LogP contribution in [-0.2, 0) is 14.6 Å². The molecular weight excluding hydrogens is 340 g/mol. The van der Waals surface area contributed by atoms with Crippen molar-refractivity contribution in [2.45, 2.75) is 13.8 Å². The fraction of sp³-hybridized carbons (Fsp3) is 0.235. The second kappa shape index (κ2) is 6.29. The van der Waals surface area contributed by atoms with Gasteiger partial charge in [-0.2, -0.15) is 4.98 Å². The lowest BCUT2D eigenvalue weighted by atomic mass is 9.98. The fourth-order valence-electron chi connectivity index (χ4n) is 2.56. The SMILES string of the molecule is Cc1cccc(-c2ccc3nc(NC(=O)CS(C)(=O)=O)nn3c2)c1C. The Morgan fingerprint density at radius 1 is 1.20 bits per heavy atom. The lowest BCUT2D eigenvalue weighted by Gasteiger charge is -2.08. The van der Waals surface area contributed by atoms with Gasteiger partial charge in [-0.15, -0.1) is 5.10 Å². The Morgan fingerprint density at radius 3 is 2.68 bits per heavy atom. The second-order valence-corrected chi connectivity index (χ2v) is 8.16. The molecule has 8 heteroatoms. The number of anilines is 1. The van der Waals surface area contributed by atoms with Crippen LogP contribution in [0.3, 0.4) is 0 Å². The average molecular weight is 358 g/mol. The number of aromatic nitrogens is 3. The van der Waals surface area contributed by atoms with E-state index in [1.165, 1.54) is 11.1 Å². The predicted molar refractivity (Wildman–Crippen MR) is 96.2 cm³/mol. The number of hydrogen-bond donors (Lipinski definition) is 1. The maximum atomic E-state index is 11.7. The number of carbonyl (C=O) groups is 1. The Hall–Kier alpha value is -2.74. The smallest absolute Gasteiger partial charge is 0.249 e. The molecule has 7 nitrogen and oxygen atoms in total. The average Bonchev–Trinajstić information content (AvgIpc) is 2.89. The van der Waals surface area contributed by atoms with Gasteiger partial charge >= 0.3 is 0 Å². The first-order valence-electron chi connectivity index (χ1n) is 7.63. The zero-order chi connectivity index (χ0) is 18.2. The summed E-state index contributed by atoms with van der Waals surface area (Å²) >= 11 is 0. The molecule has 0 atom stereocenters. The van der Waals surface area contributed by atoms with E-state index in [-0.39, 0.29) is 5.95 Å². The van der Waals surface area contributed by atoms with E-state index in [0.717, 1.165) is 17.4 Å².